The number of carbonyl (C=O) groups excluding carboxylic acids is 4. The average molecular weight is 423 g/mol. The molecule has 31 heavy (non-hydrogen) atoms. The second-order valence-electron chi connectivity index (χ2n) is 7.31. The molecule has 2 aromatic carbocycles. The first-order valence-electron chi connectivity index (χ1n) is 10.0. The number of hydrogen-bond acceptors (Lipinski definition) is 5. The molecule has 1 aliphatic rings. The van der Waals surface area contributed by atoms with E-state index in [2.05, 4.69) is 0 Å². The lowest BCUT2D eigenvalue weighted by atomic mass is 10.1. The van der Waals surface area contributed by atoms with E-state index in [9.17, 15) is 19.2 Å². The quantitative estimate of drug-likeness (QED) is 0.481. The molecule has 8 heteroatoms. The van der Waals surface area contributed by atoms with Crippen molar-refractivity contribution in [2.45, 2.75) is 26.8 Å². The van der Waals surface area contributed by atoms with Crippen LogP contribution in [0, 0.1) is 6.92 Å². The molecule has 8 nitrogen and oxygen atoms in total. The first kappa shape index (κ1) is 22.0. The first-order chi connectivity index (χ1) is 14.8. The fourth-order valence-electron chi connectivity index (χ4n) is 3.31. The van der Waals surface area contributed by atoms with E-state index in [1.165, 1.54) is 19.2 Å². The van der Waals surface area contributed by atoms with Gasteiger partial charge < -0.3 is 9.64 Å². The minimum Gasteiger partial charge on any atom is -0.497 e. The van der Waals surface area contributed by atoms with E-state index in [4.69, 9.17) is 4.74 Å². The molecule has 0 unspecified atom stereocenters. The van der Waals surface area contributed by atoms with Gasteiger partial charge in [0, 0.05) is 13.1 Å². The van der Waals surface area contributed by atoms with Gasteiger partial charge in [-0.1, -0.05) is 36.8 Å². The number of methoxy groups -OCH3 is 1. The topological polar surface area (TPSA) is 87.2 Å². The van der Waals surface area contributed by atoms with Gasteiger partial charge in [-0.25, -0.2) is 14.6 Å². The van der Waals surface area contributed by atoms with Crippen LogP contribution in [0.2, 0.25) is 0 Å². The summed E-state index contributed by atoms with van der Waals surface area (Å²) in [5.74, 6) is -1.84. The number of anilines is 1. The van der Waals surface area contributed by atoms with Gasteiger partial charge in [-0.15, -0.1) is 0 Å². The summed E-state index contributed by atoms with van der Waals surface area (Å²) in [5, 5.41) is 0. The lowest BCUT2D eigenvalue weighted by Crippen LogP contribution is -2.43. The van der Waals surface area contributed by atoms with Crippen LogP contribution in [0.4, 0.5) is 10.5 Å². The van der Waals surface area contributed by atoms with Gasteiger partial charge in [-0.05, 0) is 43.2 Å². The van der Waals surface area contributed by atoms with Crippen LogP contribution in [0.1, 0.15) is 24.5 Å². The number of imide groups is 2. The van der Waals surface area contributed by atoms with Gasteiger partial charge in [0.2, 0.25) is 5.91 Å². The van der Waals surface area contributed by atoms with E-state index in [0.717, 1.165) is 22.4 Å². The normalized spacial score (nSPS) is 13.7. The van der Waals surface area contributed by atoms with Crippen molar-refractivity contribution in [1.29, 1.82) is 0 Å². The highest BCUT2D eigenvalue weighted by molar-refractivity contribution is 6.53. The summed E-state index contributed by atoms with van der Waals surface area (Å²) in [7, 11) is 1.50. The molecule has 1 aliphatic heterocycles. The third-order valence-electron chi connectivity index (χ3n) is 5.02. The zero-order chi connectivity index (χ0) is 22.5. The van der Waals surface area contributed by atoms with E-state index in [-0.39, 0.29) is 5.69 Å². The Morgan fingerprint density at radius 2 is 1.61 bits per heavy atom. The van der Waals surface area contributed by atoms with E-state index in [0.29, 0.717) is 23.7 Å². The second kappa shape index (κ2) is 9.42. The van der Waals surface area contributed by atoms with Crippen LogP contribution in [0.15, 0.2) is 48.5 Å². The molecule has 0 radical (unpaired) electrons. The predicted octanol–water partition coefficient (Wildman–Crippen LogP) is 2.74. The first-order valence-corrected chi connectivity index (χ1v) is 10.0. The summed E-state index contributed by atoms with van der Waals surface area (Å²) in [5.41, 5.74) is 2.30. The molecule has 0 aromatic heterocycles. The van der Waals surface area contributed by atoms with Crippen LogP contribution in [-0.4, -0.2) is 53.8 Å². The summed E-state index contributed by atoms with van der Waals surface area (Å²) in [6.07, 6.45) is 0.719. The molecule has 1 saturated heterocycles. The van der Waals surface area contributed by atoms with Crippen molar-refractivity contribution in [2.24, 2.45) is 0 Å². The van der Waals surface area contributed by atoms with Crippen LogP contribution in [0.25, 0.3) is 0 Å². The molecule has 0 atom stereocenters. The van der Waals surface area contributed by atoms with Crippen LogP contribution in [0.3, 0.4) is 0 Å². The highest BCUT2D eigenvalue weighted by atomic mass is 16.5. The number of benzene rings is 2. The lowest BCUT2D eigenvalue weighted by Gasteiger charge is -2.24. The number of hydrogen-bond donors (Lipinski definition) is 0. The predicted molar refractivity (Wildman–Crippen MR) is 114 cm³/mol. The molecule has 2 aromatic rings. The molecule has 0 spiro atoms. The van der Waals surface area contributed by atoms with Gasteiger partial charge in [0.1, 0.15) is 12.3 Å². The summed E-state index contributed by atoms with van der Waals surface area (Å²) < 4.78 is 5.07. The van der Waals surface area contributed by atoms with Crippen molar-refractivity contribution < 1.29 is 23.9 Å². The molecule has 3 rings (SSSR count). The molecule has 1 fully saturated rings. The highest BCUT2D eigenvalue weighted by Gasteiger charge is 2.46. The Labute approximate surface area is 181 Å². The molecular formula is C23H25N3O5. The number of nitrogens with zero attached hydrogens (tertiary/aromatic N) is 3. The Kier molecular flexibility index (Phi) is 6.69. The van der Waals surface area contributed by atoms with Gasteiger partial charge in [-0.3, -0.25) is 14.4 Å². The number of rotatable bonds is 8. The van der Waals surface area contributed by atoms with Crippen molar-refractivity contribution >= 4 is 29.4 Å². The Balaban J connectivity index is 1.75. The van der Waals surface area contributed by atoms with Gasteiger partial charge in [0.05, 0.1) is 12.8 Å². The molecular weight excluding hydrogens is 398 g/mol. The fourth-order valence-corrected chi connectivity index (χ4v) is 3.31. The monoisotopic (exact) mass is 423 g/mol. The van der Waals surface area contributed by atoms with E-state index in [1.54, 1.807) is 17.0 Å². The lowest BCUT2D eigenvalue weighted by molar-refractivity contribution is -0.142. The Morgan fingerprint density at radius 1 is 0.968 bits per heavy atom. The van der Waals surface area contributed by atoms with Crippen LogP contribution < -0.4 is 9.64 Å². The maximum absolute atomic E-state index is 12.9. The number of aryl methyl sites for hydroxylation is 1. The maximum Gasteiger partial charge on any atom is 0.339 e. The SMILES string of the molecule is CCCN(Cc1ccc(C)cc1)C(=O)CN1C(=O)C(=O)N(c2ccc(OC)cc2)C1=O. The molecule has 5 amide bonds. The van der Waals surface area contributed by atoms with Crippen molar-refractivity contribution in [3.05, 3.63) is 59.7 Å². The summed E-state index contributed by atoms with van der Waals surface area (Å²) in [4.78, 5) is 53.7. The number of urea groups is 1. The van der Waals surface area contributed by atoms with E-state index >= 15 is 0 Å². The fraction of sp³-hybridized carbons (Fsp3) is 0.304. The van der Waals surface area contributed by atoms with Gasteiger partial charge in [0.15, 0.2) is 0 Å². The maximum atomic E-state index is 12.9. The smallest absolute Gasteiger partial charge is 0.339 e. The van der Waals surface area contributed by atoms with Gasteiger partial charge in [0.25, 0.3) is 0 Å². The minimum absolute atomic E-state index is 0.240. The minimum atomic E-state index is -1.01. The van der Waals surface area contributed by atoms with Gasteiger partial charge in [-0.2, -0.15) is 0 Å². The van der Waals surface area contributed by atoms with Crippen molar-refractivity contribution in [3.8, 4) is 5.75 Å². The third-order valence-corrected chi connectivity index (χ3v) is 5.02. The largest absolute Gasteiger partial charge is 0.497 e. The second-order valence-corrected chi connectivity index (χ2v) is 7.31. The molecule has 0 N–H and O–H groups in total. The Morgan fingerprint density at radius 3 is 2.19 bits per heavy atom. The van der Waals surface area contributed by atoms with Crippen LogP contribution >= 0.6 is 0 Å². The Hall–Kier alpha value is -3.68. The molecule has 0 aliphatic carbocycles. The molecule has 1 heterocycles. The van der Waals surface area contributed by atoms with Crippen LogP contribution in [-0.2, 0) is 20.9 Å². The number of amides is 5. The number of carbonyl (C=O) groups is 4. The highest BCUT2D eigenvalue weighted by Crippen LogP contribution is 2.24. The number of ether oxygens (including phenoxy) is 1. The standard InChI is InChI=1S/C23H25N3O5/c1-4-13-24(14-17-7-5-16(2)6-8-17)20(27)15-25-21(28)22(29)26(23(25)30)18-9-11-19(31-3)12-10-18/h5-12H,4,13-15H2,1-3H3. The summed E-state index contributed by atoms with van der Waals surface area (Å²) in [6.45, 7) is 4.27. The molecule has 0 saturated carbocycles. The van der Waals surface area contributed by atoms with E-state index < -0.39 is 30.3 Å². The van der Waals surface area contributed by atoms with Crippen molar-refractivity contribution in [2.75, 3.05) is 25.1 Å². The molecule has 162 valence electrons. The Bertz CT molecular complexity index is 985. The average Bonchev–Trinajstić information content (AvgIpc) is 2.98. The van der Waals surface area contributed by atoms with Crippen molar-refractivity contribution in [1.82, 2.24) is 9.80 Å². The zero-order valence-electron chi connectivity index (χ0n) is 17.8. The third kappa shape index (κ3) is 4.74. The van der Waals surface area contributed by atoms with E-state index in [1.807, 2.05) is 38.1 Å². The summed E-state index contributed by atoms with van der Waals surface area (Å²) in [6, 6.07) is 13.1. The zero-order valence-corrected chi connectivity index (χ0v) is 17.8. The van der Waals surface area contributed by atoms with Crippen molar-refractivity contribution in [3.63, 3.8) is 0 Å². The van der Waals surface area contributed by atoms with Crippen LogP contribution in [0.5, 0.6) is 5.75 Å². The van der Waals surface area contributed by atoms with Gasteiger partial charge >= 0.3 is 17.8 Å². The molecule has 0 bridgehead atoms. The summed E-state index contributed by atoms with van der Waals surface area (Å²) >= 11 is 0.